The Kier molecular flexibility index (Phi) is 4.44. The Bertz CT molecular complexity index is 567. The maximum absolute atomic E-state index is 12.3. The number of hydrogen-bond donors (Lipinski definition) is 0. The number of esters is 1. The maximum Gasteiger partial charge on any atom is 0.303 e. The molecule has 0 fully saturated rings. The first-order chi connectivity index (χ1) is 9.52. The van der Waals surface area contributed by atoms with Crippen LogP contribution < -0.4 is 4.74 Å². The highest BCUT2D eigenvalue weighted by Gasteiger charge is 2.33. The van der Waals surface area contributed by atoms with Crippen LogP contribution in [0.5, 0.6) is 5.75 Å². The third kappa shape index (κ3) is 3.01. The molecule has 0 radical (unpaired) electrons. The van der Waals surface area contributed by atoms with E-state index in [0.29, 0.717) is 17.1 Å². The van der Waals surface area contributed by atoms with E-state index in [1.165, 1.54) is 18.7 Å². The molecule has 1 heterocycles. The Balaban J connectivity index is 2.15. The molecule has 0 saturated carbocycles. The number of ketones is 2. The summed E-state index contributed by atoms with van der Waals surface area (Å²) in [5, 5.41) is 0. The molecule has 1 aliphatic rings. The number of methoxy groups -OCH3 is 1. The van der Waals surface area contributed by atoms with Gasteiger partial charge in [0, 0.05) is 23.1 Å². The van der Waals surface area contributed by atoms with Crippen molar-refractivity contribution < 1.29 is 23.9 Å². The van der Waals surface area contributed by atoms with Crippen LogP contribution in [0.2, 0.25) is 0 Å². The van der Waals surface area contributed by atoms with Gasteiger partial charge in [-0.2, -0.15) is 0 Å². The topological polar surface area (TPSA) is 69.7 Å². The fourth-order valence-corrected chi connectivity index (χ4v) is 3.11. The second kappa shape index (κ2) is 6.09. The summed E-state index contributed by atoms with van der Waals surface area (Å²) in [5.41, 5.74) is 0.517. The van der Waals surface area contributed by atoms with Crippen LogP contribution in [0, 0.1) is 5.92 Å². The van der Waals surface area contributed by atoms with Gasteiger partial charge in [-0.05, 0) is 18.2 Å². The number of fused-ring (bicyclic) bond motifs is 1. The molecule has 0 spiro atoms. The summed E-state index contributed by atoms with van der Waals surface area (Å²) in [6, 6.07) is 5.13. The molecule has 0 aliphatic carbocycles. The Morgan fingerprint density at radius 3 is 2.80 bits per heavy atom. The molecule has 1 atom stereocenters. The SMILES string of the molecule is COc1ccc2c(c1)SCC(C(=O)COC(C)=O)C2=O. The summed E-state index contributed by atoms with van der Waals surface area (Å²) >= 11 is 1.43. The standard InChI is InChI=1S/C14H14O5S/c1-8(15)19-6-12(16)11-7-20-13-5-9(18-2)3-4-10(13)14(11)17/h3-5,11H,6-7H2,1-2H3. The second-order valence-corrected chi connectivity index (χ2v) is 5.40. The highest BCUT2D eigenvalue weighted by Crippen LogP contribution is 2.35. The molecule has 20 heavy (non-hydrogen) atoms. The number of thioether (sulfide) groups is 1. The van der Waals surface area contributed by atoms with Crippen molar-refractivity contribution in [2.45, 2.75) is 11.8 Å². The van der Waals surface area contributed by atoms with Gasteiger partial charge in [-0.1, -0.05) is 0 Å². The van der Waals surface area contributed by atoms with Gasteiger partial charge in [0.15, 0.2) is 18.2 Å². The molecule has 0 aromatic heterocycles. The third-order valence-electron chi connectivity index (χ3n) is 2.98. The molecular weight excluding hydrogens is 280 g/mol. The van der Waals surface area contributed by atoms with Crippen LogP contribution in [0.25, 0.3) is 0 Å². The van der Waals surface area contributed by atoms with E-state index in [1.54, 1.807) is 25.3 Å². The largest absolute Gasteiger partial charge is 0.497 e. The molecule has 1 aliphatic heterocycles. The third-order valence-corrected chi connectivity index (χ3v) is 4.13. The van der Waals surface area contributed by atoms with E-state index in [0.717, 1.165) is 4.90 Å². The molecule has 1 aromatic rings. The van der Waals surface area contributed by atoms with Gasteiger partial charge < -0.3 is 9.47 Å². The van der Waals surface area contributed by atoms with Gasteiger partial charge in [0.2, 0.25) is 0 Å². The lowest BCUT2D eigenvalue weighted by atomic mass is 9.95. The molecule has 0 amide bonds. The zero-order valence-corrected chi connectivity index (χ0v) is 12.0. The Labute approximate surface area is 120 Å². The first-order valence-electron chi connectivity index (χ1n) is 6.04. The number of rotatable bonds is 4. The van der Waals surface area contributed by atoms with Gasteiger partial charge in [-0.3, -0.25) is 14.4 Å². The summed E-state index contributed by atoms with van der Waals surface area (Å²) < 4.78 is 9.77. The van der Waals surface area contributed by atoms with Crippen LogP contribution in [-0.4, -0.2) is 37.0 Å². The van der Waals surface area contributed by atoms with Crippen molar-refractivity contribution in [2.24, 2.45) is 5.92 Å². The zero-order valence-electron chi connectivity index (χ0n) is 11.2. The Morgan fingerprint density at radius 2 is 2.15 bits per heavy atom. The zero-order chi connectivity index (χ0) is 14.7. The van der Waals surface area contributed by atoms with Gasteiger partial charge in [-0.25, -0.2) is 0 Å². The van der Waals surface area contributed by atoms with E-state index in [2.05, 4.69) is 4.74 Å². The molecule has 2 rings (SSSR count). The van der Waals surface area contributed by atoms with Crippen molar-refractivity contribution in [3.05, 3.63) is 23.8 Å². The van der Waals surface area contributed by atoms with E-state index in [-0.39, 0.29) is 18.2 Å². The van der Waals surface area contributed by atoms with Crippen molar-refractivity contribution in [2.75, 3.05) is 19.5 Å². The van der Waals surface area contributed by atoms with E-state index in [4.69, 9.17) is 4.74 Å². The highest BCUT2D eigenvalue weighted by atomic mass is 32.2. The number of hydrogen-bond acceptors (Lipinski definition) is 6. The highest BCUT2D eigenvalue weighted by molar-refractivity contribution is 7.99. The van der Waals surface area contributed by atoms with Crippen molar-refractivity contribution in [1.29, 1.82) is 0 Å². The number of ether oxygens (including phenoxy) is 2. The fraction of sp³-hybridized carbons (Fsp3) is 0.357. The number of Topliss-reactive ketones (excluding diaryl/α,β-unsaturated/α-hetero) is 2. The van der Waals surface area contributed by atoms with Gasteiger partial charge in [0.1, 0.15) is 5.75 Å². The van der Waals surface area contributed by atoms with Gasteiger partial charge >= 0.3 is 5.97 Å². The molecule has 0 bridgehead atoms. The minimum atomic E-state index is -0.750. The average Bonchev–Trinajstić information content (AvgIpc) is 2.44. The predicted molar refractivity (Wildman–Crippen MR) is 73.2 cm³/mol. The quantitative estimate of drug-likeness (QED) is 0.622. The first kappa shape index (κ1) is 14.6. The molecule has 6 heteroatoms. The van der Waals surface area contributed by atoms with Crippen LogP contribution in [0.1, 0.15) is 17.3 Å². The van der Waals surface area contributed by atoms with Crippen LogP contribution in [-0.2, 0) is 14.3 Å². The minimum Gasteiger partial charge on any atom is -0.497 e. The number of carbonyl (C=O) groups is 3. The molecule has 1 aromatic carbocycles. The molecule has 5 nitrogen and oxygen atoms in total. The Morgan fingerprint density at radius 1 is 1.40 bits per heavy atom. The summed E-state index contributed by atoms with van der Waals surface area (Å²) in [7, 11) is 1.56. The number of benzene rings is 1. The molecule has 0 N–H and O–H groups in total. The van der Waals surface area contributed by atoms with Crippen LogP contribution in [0.3, 0.4) is 0 Å². The first-order valence-corrected chi connectivity index (χ1v) is 7.02. The summed E-state index contributed by atoms with van der Waals surface area (Å²) in [6.07, 6.45) is 0. The van der Waals surface area contributed by atoms with E-state index >= 15 is 0 Å². The summed E-state index contributed by atoms with van der Waals surface area (Å²) in [5.74, 6) is -0.829. The van der Waals surface area contributed by atoms with Crippen molar-refractivity contribution in [3.8, 4) is 5.75 Å². The normalized spacial score (nSPS) is 17.3. The summed E-state index contributed by atoms with van der Waals surface area (Å²) in [4.78, 5) is 35.7. The van der Waals surface area contributed by atoms with E-state index < -0.39 is 11.9 Å². The van der Waals surface area contributed by atoms with Crippen molar-refractivity contribution >= 4 is 29.3 Å². The van der Waals surface area contributed by atoms with Crippen LogP contribution in [0.15, 0.2) is 23.1 Å². The Hall–Kier alpha value is -1.82. The second-order valence-electron chi connectivity index (χ2n) is 4.34. The molecular formula is C14H14O5S. The maximum atomic E-state index is 12.3. The molecule has 106 valence electrons. The lowest BCUT2D eigenvalue weighted by Crippen LogP contribution is -2.32. The average molecular weight is 294 g/mol. The van der Waals surface area contributed by atoms with E-state index in [9.17, 15) is 14.4 Å². The molecule has 1 unspecified atom stereocenters. The monoisotopic (exact) mass is 294 g/mol. The van der Waals surface area contributed by atoms with Gasteiger partial charge in [0.05, 0.1) is 13.0 Å². The lowest BCUT2D eigenvalue weighted by molar-refractivity contribution is -0.146. The predicted octanol–water partition coefficient (Wildman–Crippen LogP) is 1.73. The minimum absolute atomic E-state index is 0.224. The van der Waals surface area contributed by atoms with Crippen LogP contribution >= 0.6 is 11.8 Å². The number of carbonyl (C=O) groups excluding carboxylic acids is 3. The van der Waals surface area contributed by atoms with Crippen molar-refractivity contribution in [3.63, 3.8) is 0 Å². The van der Waals surface area contributed by atoms with Gasteiger partial charge in [-0.15, -0.1) is 11.8 Å². The van der Waals surface area contributed by atoms with E-state index in [1.807, 2.05) is 0 Å². The van der Waals surface area contributed by atoms with Crippen molar-refractivity contribution in [1.82, 2.24) is 0 Å². The van der Waals surface area contributed by atoms with Crippen LogP contribution in [0.4, 0.5) is 0 Å². The lowest BCUT2D eigenvalue weighted by Gasteiger charge is -2.22. The smallest absolute Gasteiger partial charge is 0.303 e. The fourth-order valence-electron chi connectivity index (χ4n) is 1.90. The summed E-state index contributed by atoms with van der Waals surface area (Å²) in [6.45, 7) is 0.879. The van der Waals surface area contributed by atoms with Gasteiger partial charge in [0.25, 0.3) is 0 Å². The molecule has 0 saturated heterocycles.